The first kappa shape index (κ1) is 14.7. The smallest absolute Gasteiger partial charge is 0.0247 e. The Kier molecular flexibility index (Phi) is 5.21. The number of rotatable bonds is 4. The molecule has 0 amide bonds. The molecule has 0 aromatic rings. The fourth-order valence-electron chi connectivity index (χ4n) is 2.28. The molecular formula is C15H30N2. The van der Waals surface area contributed by atoms with Gasteiger partial charge in [-0.25, -0.2) is 0 Å². The van der Waals surface area contributed by atoms with Gasteiger partial charge in [-0.3, -0.25) is 4.90 Å². The fourth-order valence-corrected chi connectivity index (χ4v) is 2.28. The van der Waals surface area contributed by atoms with E-state index in [1.54, 1.807) is 5.57 Å². The Labute approximate surface area is 107 Å². The van der Waals surface area contributed by atoms with E-state index in [2.05, 4.69) is 57.8 Å². The third kappa shape index (κ3) is 5.22. The van der Waals surface area contributed by atoms with Crippen LogP contribution in [0.25, 0.3) is 0 Å². The van der Waals surface area contributed by atoms with Crippen molar-refractivity contribution in [3.63, 3.8) is 0 Å². The maximum Gasteiger partial charge on any atom is 0.0247 e. The van der Waals surface area contributed by atoms with Gasteiger partial charge in [0.25, 0.3) is 0 Å². The van der Waals surface area contributed by atoms with Crippen LogP contribution in [0.4, 0.5) is 0 Å². The zero-order chi connectivity index (χ0) is 13.1. The van der Waals surface area contributed by atoms with Crippen molar-refractivity contribution in [2.45, 2.75) is 59.5 Å². The van der Waals surface area contributed by atoms with Gasteiger partial charge in [0.2, 0.25) is 0 Å². The molecule has 0 aromatic carbocycles. The minimum absolute atomic E-state index is 0.217. The largest absolute Gasteiger partial charge is 0.311 e. The lowest BCUT2D eigenvalue weighted by Gasteiger charge is -2.38. The summed E-state index contributed by atoms with van der Waals surface area (Å²) in [4.78, 5) is 2.62. The molecule has 0 spiro atoms. The zero-order valence-corrected chi connectivity index (χ0v) is 12.5. The van der Waals surface area contributed by atoms with Gasteiger partial charge < -0.3 is 5.32 Å². The molecule has 0 saturated heterocycles. The van der Waals surface area contributed by atoms with Crippen molar-refractivity contribution in [1.29, 1.82) is 0 Å². The highest BCUT2D eigenvalue weighted by Crippen LogP contribution is 2.17. The summed E-state index contributed by atoms with van der Waals surface area (Å²) >= 11 is 0. The van der Waals surface area contributed by atoms with Gasteiger partial charge in [0, 0.05) is 31.2 Å². The van der Waals surface area contributed by atoms with Crippen LogP contribution in [-0.4, -0.2) is 36.1 Å². The Bertz CT molecular complexity index is 261. The van der Waals surface area contributed by atoms with Gasteiger partial charge >= 0.3 is 0 Å². The molecule has 1 unspecified atom stereocenters. The number of hydrogen-bond acceptors (Lipinski definition) is 2. The van der Waals surface area contributed by atoms with E-state index in [1.165, 1.54) is 13.0 Å². The van der Waals surface area contributed by atoms with E-state index in [4.69, 9.17) is 0 Å². The molecule has 1 aliphatic heterocycles. The van der Waals surface area contributed by atoms with E-state index >= 15 is 0 Å². The molecule has 0 saturated carbocycles. The molecule has 0 aromatic heterocycles. The van der Waals surface area contributed by atoms with Crippen LogP contribution in [0.15, 0.2) is 11.6 Å². The molecule has 0 aliphatic carbocycles. The SMILES string of the molecule is CC1=CCN(C(CNC(C)(C)C)C(C)C)CC1. The second-order valence-corrected chi connectivity index (χ2v) is 6.74. The molecule has 1 atom stereocenters. The molecule has 1 N–H and O–H groups in total. The topological polar surface area (TPSA) is 15.3 Å². The molecule has 1 heterocycles. The molecule has 0 bridgehead atoms. The van der Waals surface area contributed by atoms with Crippen molar-refractivity contribution in [3.8, 4) is 0 Å². The van der Waals surface area contributed by atoms with Crippen molar-refractivity contribution < 1.29 is 0 Å². The van der Waals surface area contributed by atoms with Crippen molar-refractivity contribution >= 4 is 0 Å². The number of hydrogen-bond donors (Lipinski definition) is 1. The van der Waals surface area contributed by atoms with E-state index in [-0.39, 0.29) is 5.54 Å². The third-order valence-corrected chi connectivity index (χ3v) is 3.55. The van der Waals surface area contributed by atoms with Gasteiger partial charge in [0.1, 0.15) is 0 Å². The lowest BCUT2D eigenvalue weighted by Crippen LogP contribution is -2.51. The Balaban J connectivity index is 2.55. The molecule has 1 rings (SSSR count). The number of nitrogens with one attached hydrogen (secondary N) is 1. The van der Waals surface area contributed by atoms with Crippen molar-refractivity contribution in [3.05, 3.63) is 11.6 Å². The highest BCUT2D eigenvalue weighted by Gasteiger charge is 2.24. The lowest BCUT2D eigenvalue weighted by atomic mass is 9.98. The average molecular weight is 238 g/mol. The average Bonchev–Trinajstić information content (AvgIpc) is 2.18. The normalized spacial score (nSPS) is 20.5. The van der Waals surface area contributed by atoms with Crippen molar-refractivity contribution in [1.82, 2.24) is 10.2 Å². The zero-order valence-electron chi connectivity index (χ0n) is 12.5. The van der Waals surface area contributed by atoms with Crippen molar-refractivity contribution in [2.75, 3.05) is 19.6 Å². The summed E-state index contributed by atoms with van der Waals surface area (Å²) in [6, 6.07) is 0.651. The molecule has 2 heteroatoms. The van der Waals surface area contributed by atoms with Crippen LogP contribution in [-0.2, 0) is 0 Å². The van der Waals surface area contributed by atoms with Crippen LogP contribution in [0, 0.1) is 5.92 Å². The first-order valence-corrected chi connectivity index (χ1v) is 6.94. The molecule has 0 radical (unpaired) electrons. The molecule has 100 valence electrons. The maximum atomic E-state index is 3.65. The quantitative estimate of drug-likeness (QED) is 0.757. The van der Waals surface area contributed by atoms with E-state index < -0.39 is 0 Å². The molecule has 0 fully saturated rings. The Hall–Kier alpha value is -0.340. The first-order chi connectivity index (χ1) is 7.79. The van der Waals surface area contributed by atoms with Crippen LogP contribution in [0.3, 0.4) is 0 Å². The number of nitrogens with zero attached hydrogens (tertiary/aromatic N) is 1. The minimum Gasteiger partial charge on any atom is -0.311 e. The van der Waals surface area contributed by atoms with Gasteiger partial charge in [-0.1, -0.05) is 25.5 Å². The maximum absolute atomic E-state index is 3.65. The predicted octanol–water partition coefficient (Wildman–Crippen LogP) is 3.05. The molecule has 17 heavy (non-hydrogen) atoms. The molecular weight excluding hydrogens is 208 g/mol. The second kappa shape index (κ2) is 6.01. The van der Waals surface area contributed by atoms with E-state index in [9.17, 15) is 0 Å². The fraction of sp³-hybridized carbons (Fsp3) is 0.867. The lowest BCUT2D eigenvalue weighted by molar-refractivity contribution is 0.154. The van der Waals surface area contributed by atoms with Gasteiger partial charge in [0.05, 0.1) is 0 Å². The minimum atomic E-state index is 0.217. The predicted molar refractivity (Wildman–Crippen MR) is 76.3 cm³/mol. The van der Waals surface area contributed by atoms with Crippen molar-refractivity contribution in [2.24, 2.45) is 5.92 Å². The highest BCUT2D eigenvalue weighted by atomic mass is 15.2. The third-order valence-electron chi connectivity index (χ3n) is 3.55. The van der Waals surface area contributed by atoms with Gasteiger partial charge in [0.15, 0.2) is 0 Å². The van der Waals surface area contributed by atoms with E-state index in [0.29, 0.717) is 12.0 Å². The summed E-state index contributed by atoms with van der Waals surface area (Å²) in [6.07, 6.45) is 3.62. The monoisotopic (exact) mass is 238 g/mol. The van der Waals surface area contributed by atoms with Gasteiger partial charge in [-0.2, -0.15) is 0 Å². The standard InChI is InChI=1S/C15H30N2/c1-12(2)14(11-16-15(4,5)6)17-9-7-13(3)8-10-17/h7,12,14,16H,8-11H2,1-6H3. The summed E-state index contributed by atoms with van der Waals surface area (Å²) < 4.78 is 0. The molecule has 2 nitrogen and oxygen atoms in total. The summed E-state index contributed by atoms with van der Waals surface area (Å²) in [5.74, 6) is 0.705. The van der Waals surface area contributed by atoms with Gasteiger partial charge in [-0.15, -0.1) is 0 Å². The molecule has 1 aliphatic rings. The van der Waals surface area contributed by atoms with Crippen LogP contribution in [0.2, 0.25) is 0 Å². The highest BCUT2D eigenvalue weighted by molar-refractivity contribution is 5.05. The van der Waals surface area contributed by atoms with Crippen LogP contribution in [0.5, 0.6) is 0 Å². The Morgan fingerprint density at radius 1 is 1.35 bits per heavy atom. The Morgan fingerprint density at radius 2 is 2.00 bits per heavy atom. The summed E-state index contributed by atoms with van der Waals surface area (Å²) in [7, 11) is 0. The van der Waals surface area contributed by atoms with Gasteiger partial charge in [-0.05, 0) is 40.0 Å². The Morgan fingerprint density at radius 3 is 2.41 bits per heavy atom. The summed E-state index contributed by atoms with van der Waals surface area (Å²) in [6.45, 7) is 17.1. The van der Waals surface area contributed by atoms with E-state index in [1.807, 2.05) is 0 Å². The second-order valence-electron chi connectivity index (χ2n) is 6.74. The van der Waals surface area contributed by atoms with Crippen LogP contribution < -0.4 is 5.32 Å². The summed E-state index contributed by atoms with van der Waals surface area (Å²) in [5, 5.41) is 3.65. The summed E-state index contributed by atoms with van der Waals surface area (Å²) in [5.41, 5.74) is 1.77. The first-order valence-electron chi connectivity index (χ1n) is 6.94. The van der Waals surface area contributed by atoms with Crippen LogP contribution in [0.1, 0.15) is 48.0 Å². The van der Waals surface area contributed by atoms with E-state index in [0.717, 1.165) is 13.1 Å². The van der Waals surface area contributed by atoms with Crippen LogP contribution >= 0.6 is 0 Å².